The van der Waals surface area contributed by atoms with Crippen LogP contribution in [0, 0.1) is 0 Å². The minimum Gasteiger partial charge on any atom is -0.450 e. The Bertz CT molecular complexity index is 697. The second-order valence-corrected chi connectivity index (χ2v) is 7.26. The number of rotatable bonds is 6. The minimum absolute atomic E-state index is 0.0801. The molecule has 1 saturated heterocycles. The summed E-state index contributed by atoms with van der Waals surface area (Å²) in [6.45, 7) is 7.73. The zero-order chi connectivity index (χ0) is 21.2. The third kappa shape index (κ3) is 7.89. The topological polar surface area (TPSA) is 121 Å². The molecule has 0 aromatic heterocycles. The van der Waals surface area contributed by atoms with Gasteiger partial charge in [0.2, 0.25) is 0 Å². The van der Waals surface area contributed by atoms with Gasteiger partial charge < -0.3 is 31.3 Å². The number of nitrogens with two attached hydrogens (primary N) is 1. The Labute approximate surface area is 172 Å². The monoisotopic (exact) mass is 404 g/mol. The summed E-state index contributed by atoms with van der Waals surface area (Å²) in [5, 5.41) is 8.77. The van der Waals surface area contributed by atoms with Gasteiger partial charge in [-0.15, -0.1) is 0 Å². The van der Waals surface area contributed by atoms with Crippen molar-refractivity contribution < 1.29 is 14.3 Å². The van der Waals surface area contributed by atoms with E-state index < -0.39 is 0 Å². The maximum Gasteiger partial charge on any atom is 0.409 e. The Morgan fingerprint density at radius 2 is 1.90 bits per heavy atom. The van der Waals surface area contributed by atoms with Gasteiger partial charge in [0.15, 0.2) is 5.96 Å². The maximum absolute atomic E-state index is 11.7. The Hall–Kier alpha value is -2.97. The van der Waals surface area contributed by atoms with Crippen LogP contribution < -0.4 is 21.7 Å². The number of guanidine groups is 1. The quantitative estimate of drug-likeness (QED) is 0.428. The first-order valence-corrected chi connectivity index (χ1v) is 10.0. The molecule has 1 aromatic carbocycles. The molecule has 1 heterocycles. The molecule has 2 rings (SSSR count). The molecule has 0 bridgehead atoms. The predicted molar refractivity (Wildman–Crippen MR) is 114 cm³/mol. The fourth-order valence-corrected chi connectivity index (χ4v) is 2.98. The highest BCUT2D eigenvalue weighted by molar-refractivity contribution is 5.89. The van der Waals surface area contributed by atoms with Crippen LogP contribution in [0.2, 0.25) is 0 Å². The van der Waals surface area contributed by atoms with Gasteiger partial charge in [0.05, 0.1) is 13.2 Å². The molecule has 1 aromatic rings. The van der Waals surface area contributed by atoms with E-state index in [0.29, 0.717) is 32.2 Å². The normalized spacial score (nSPS) is 15.2. The number of aliphatic imine (C=N–C) groups is 1. The second-order valence-electron chi connectivity index (χ2n) is 7.26. The highest BCUT2D eigenvalue weighted by Gasteiger charge is 2.23. The van der Waals surface area contributed by atoms with Crippen molar-refractivity contribution in [1.29, 1.82) is 0 Å². The number of carbonyl (C=O) groups excluding carboxylic acids is 2. The summed E-state index contributed by atoms with van der Waals surface area (Å²) in [6, 6.07) is 7.51. The van der Waals surface area contributed by atoms with Crippen molar-refractivity contribution in [3.8, 4) is 0 Å². The minimum atomic E-state index is -0.257. The predicted octanol–water partition coefficient (Wildman–Crippen LogP) is 2.24. The van der Waals surface area contributed by atoms with Gasteiger partial charge in [-0.3, -0.25) is 0 Å². The molecule has 9 nitrogen and oxygen atoms in total. The highest BCUT2D eigenvalue weighted by atomic mass is 16.6. The first kappa shape index (κ1) is 22.3. The number of hydrogen-bond acceptors (Lipinski definition) is 4. The van der Waals surface area contributed by atoms with E-state index in [9.17, 15) is 9.59 Å². The standard InChI is InChI=1S/C20H32N6O3/c1-4-29-20(28)26-11-9-17(10-12-26)24-18(21)22-13-15-5-7-16(8-6-15)25-19(27)23-14(2)3/h5-8,14,17H,4,9-13H2,1-3H3,(H3,21,22,24)(H2,23,25,27). The molecule has 0 atom stereocenters. The molecule has 1 aliphatic rings. The molecule has 29 heavy (non-hydrogen) atoms. The average Bonchev–Trinajstić information content (AvgIpc) is 2.67. The number of anilines is 1. The van der Waals surface area contributed by atoms with Crippen LogP contribution in [-0.4, -0.2) is 54.8 Å². The van der Waals surface area contributed by atoms with E-state index in [-0.39, 0.29) is 24.2 Å². The fourth-order valence-electron chi connectivity index (χ4n) is 2.98. The van der Waals surface area contributed by atoms with Crippen LogP contribution in [0.25, 0.3) is 0 Å². The number of hydrogen-bond donors (Lipinski definition) is 4. The molecule has 0 radical (unpaired) electrons. The van der Waals surface area contributed by atoms with E-state index in [4.69, 9.17) is 10.5 Å². The van der Waals surface area contributed by atoms with Crippen molar-refractivity contribution in [2.75, 3.05) is 25.0 Å². The van der Waals surface area contributed by atoms with E-state index in [1.54, 1.807) is 11.8 Å². The number of urea groups is 1. The van der Waals surface area contributed by atoms with E-state index in [1.807, 2.05) is 38.1 Å². The SMILES string of the molecule is CCOC(=O)N1CCC(NC(N)=NCc2ccc(NC(=O)NC(C)C)cc2)CC1. The number of piperidine rings is 1. The number of likely N-dealkylation sites (tertiary alicyclic amines) is 1. The van der Waals surface area contributed by atoms with Crippen LogP contribution in [0.1, 0.15) is 39.2 Å². The van der Waals surface area contributed by atoms with Crippen molar-refractivity contribution in [3.05, 3.63) is 29.8 Å². The Kier molecular flexibility index (Phi) is 8.57. The molecule has 9 heteroatoms. The van der Waals surface area contributed by atoms with Gasteiger partial charge in [0.25, 0.3) is 0 Å². The third-order valence-corrected chi connectivity index (χ3v) is 4.44. The van der Waals surface area contributed by atoms with E-state index >= 15 is 0 Å². The Morgan fingerprint density at radius 3 is 2.48 bits per heavy atom. The van der Waals surface area contributed by atoms with E-state index in [1.165, 1.54) is 0 Å². The van der Waals surface area contributed by atoms with Gasteiger partial charge in [-0.2, -0.15) is 0 Å². The summed E-state index contributed by atoms with van der Waals surface area (Å²) >= 11 is 0. The molecular formula is C20H32N6O3. The summed E-state index contributed by atoms with van der Waals surface area (Å²) in [5.74, 6) is 0.387. The molecule has 0 aliphatic carbocycles. The average molecular weight is 405 g/mol. The molecule has 0 spiro atoms. The molecule has 0 unspecified atom stereocenters. The van der Waals surface area contributed by atoms with Crippen molar-refractivity contribution in [1.82, 2.24) is 15.5 Å². The number of nitrogens with zero attached hydrogens (tertiary/aromatic N) is 2. The smallest absolute Gasteiger partial charge is 0.409 e. The maximum atomic E-state index is 11.7. The number of ether oxygens (including phenoxy) is 1. The van der Waals surface area contributed by atoms with Crippen molar-refractivity contribution in [2.24, 2.45) is 10.7 Å². The largest absolute Gasteiger partial charge is 0.450 e. The van der Waals surface area contributed by atoms with Crippen LogP contribution >= 0.6 is 0 Å². The van der Waals surface area contributed by atoms with Crippen molar-refractivity contribution in [3.63, 3.8) is 0 Å². The molecule has 0 saturated carbocycles. The first-order valence-electron chi connectivity index (χ1n) is 10.0. The van der Waals surface area contributed by atoms with E-state index in [0.717, 1.165) is 24.1 Å². The lowest BCUT2D eigenvalue weighted by molar-refractivity contribution is 0.0963. The Balaban J connectivity index is 1.75. The summed E-state index contributed by atoms with van der Waals surface area (Å²) in [4.78, 5) is 29.5. The number of carbonyl (C=O) groups is 2. The van der Waals surface area contributed by atoms with Gasteiger partial charge >= 0.3 is 12.1 Å². The van der Waals surface area contributed by atoms with Gasteiger partial charge in [0.1, 0.15) is 0 Å². The zero-order valence-electron chi connectivity index (χ0n) is 17.4. The lowest BCUT2D eigenvalue weighted by Gasteiger charge is -2.31. The molecule has 160 valence electrons. The van der Waals surface area contributed by atoms with Crippen molar-refractivity contribution in [2.45, 2.75) is 52.2 Å². The number of nitrogens with one attached hydrogen (secondary N) is 3. The van der Waals surface area contributed by atoms with E-state index in [2.05, 4.69) is 20.9 Å². The zero-order valence-corrected chi connectivity index (χ0v) is 17.4. The molecule has 3 amide bonds. The van der Waals surface area contributed by atoms with Gasteiger partial charge in [-0.25, -0.2) is 14.6 Å². The number of amides is 3. The molecule has 1 aliphatic heterocycles. The lowest BCUT2D eigenvalue weighted by atomic mass is 10.1. The molecule has 5 N–H and O–H groups in total. The van der Waals surface area contributed by atoms with Crippen LogP contribution in [0.4, 0.5) is 15.3 Å². The van der Waals surface area contributed by atoms with Crippen LogP contribution in [0.5, 0.6) is 0 Å². The summed E-state index contributed by atoms with van der Waals surface area (Å²) in [6.07, 6.45) is 1.34. The van der Waals surface area contributed by atoms with Gasteiger partial charge in [-0.05, 0) is 51.3 Å². The van der Waals surface area contributed by atoms with Crippen LogP contribution in [-0.2, 0) is 11.3 Å². The van der Waals surface area contributed by atoms with Crippen LogP contribution in [0.15, 0.2) is 29.3 Å². The summed E-state index contributed by atoms with van der Waals surface area (Å²) < 4.78 is 5.02. The Morgan fingerprint density at radius 1 is 1.24 bits per heavy atom. The first-order chi connectivity index (χ1) is 13.9. The van der Waals surface area contributed by atoms with Crippen molar-refractivity contribution >= 4 is 23.8 Å². The van der Waals surface area contributed by atoms with Gasteiger partial charge in [-0.1, -0.05) is 12.1 Å². The fraction of sp³-hybridized carbons (Fsp3) is 0.550. The number of benzene rings is 1. The lowest BCUT2D eigenvalue weighted by Crippen LogP contribution is -2.48. The molecular weight excluding hydrogens is 372 g/mol. The third-order valence-electron chi connectivity index (χ3n) is 4.44. The highest BCUT2D eigenvalue weighted by Crippen LogP contribution is 2.12. The second kappa shape index (κ2) is 11.1. The van der Waals surface area contributed by atoms with Gasteiger partial charge in [0, 0.05) is 30.9 Å². The molecule has 1 fully saturated rings. The summed E-state index contributed by atoms with van der Waals surface area (Å²) in [7, 11) is 0. The summed E-state index contributed by atoms with van der Waals surface area (Å²) in [5.41, 5.74) is 7.71. The van der Waals surface area contributed by atoms with Crippen LogP contribution in [0.3, 0.4) is 0 Å².